The SMILES string of the molecule is CC.O/N=C(\c1ccncc1)c1cccnc1. The van der Waals surface area contributed by atoms with Crippen LogP contribution in [0.5, 0.6) is 0 Å². The molecule has 0 radical (unpaired) electrons. The second-order valence-corrected chi connectivity index (χ2v) is 2.93. The summed E-state index contributed by atoms with van der Waals surface area (Å²) in [6.45, 7) is 4.00. The molecule has 4 nitrogen and oxygen atoms in total. The second kappa shape index (κ2) is 7.11. The van der Waals surface area contributed by atoms with Crippen LogP contribution in [0.4, 0.5) is 0 Å². The Bertz CT molecular complexity index is 413. The molecule has 0 aliphatic heterocycles. The number of rotatable bonds is 2. The molecule has 0 saturated carbocycles. The lowest BCUT2D eigenvalue weighted by molar-refractivity contribution is 0.319. The summed E-state index contributed by atoms with van der Waals surface area (Å²) in [5.41, 5.74) is 2.07. The Kier molecular flexibility index (Phi) is 5.37. The number of oxime groups is 1. The third kappa shape index (κ3) is 3.38. The lowest BCUT2D eigenvalue weighted by Crippen LogP contribution is -2.03. The largest absolute Gasteiger partial charge is 0.410 e. The van der Waals surface area contributed by atoms with Gasteiger partial charge in [0.05, 0.1) is 0 Å². The summed E-state index contributed by atoms with van der Waals surface area (Å²) >= 11 is 0. The fourth-order valence-corrected chi connectivity index (χ4v) is 1.29. The van der Waals surface area contributed by atoms with Crippen LogP contribution >= 0.6 is 0 Å². The zero-order valence-electron chi connectivity index (χ0n) is 9.91. The maximum Gasteiger partial charge on any atom is 0.118 e. The quantitative estimate of drug-likeness (QED) is 0.489. The molecule has 4 heteroatoms. The summed E-state index contributed by atoms with van der Waals surface area (Å²) in [6.07, 6.45) is 6.62. The highest BCUT2D eigenvalue weighted by atomic mass is 16.4. The van der Waals surface area contributed by atoms with Crippen LogP contribution in [0.2, 0.25) is 0 Å². The molecular formula is C13H15N3O. The van der Waals surface area contributed by atoms with E-state index in [1.54, 1.807) is 43.0 Å². The van der Waals surface area contributed by atoms with Crippen molar-refractivity contribution < 1.29 is 5.21 Å². The first-order valence-electron chi connectivity index (χ1n) is 5.44. The van der Waals surface area contributed by atoms with Gasteiger partial charge in [0.2, 0.25) is 0 Å². The van der Waals surface area contributed by atoms with Gasteiger partial charge >= 0.3 is 0 Å². The Hall–Kier alpha value is -2.23. The minimum atomic E-state index is 0.491. The van der Waals surface area contributed by atoms with E-state index >= 15 is 0 Å². The van der Waals surface area contributed by atoms with Crippen molar-refractivity contribution in [1.29, 1.82) is 0 Å². The summed E-state index contributed by atoms with van der Waals surface area (Å²) < 4.78 is 0. The molecule has 0 amide bonds. The molecule has 0 fully saturated rings. The number of hydrogen-bond donors (Lipinski definition) is 1. The maximum absolute atomic E-state index is 8.97. The smallest absolute Gasteiger partial charge is 0.118 e. The molecule has 0 spiro atoms. The van der Waals surface area contributed by atoms with E-state index in [0.717, 1.165) is 11.1 Å². The first kappa shape index (κ1) is 12.8. The molecule has 0 saturated heterocycles. The lowest BCUT2D eigenvalue weighted by Gasteiger charge is -2.02. The first-order chi connectivity index (χ1) is 8.42. The van der Waals surface area contributed by atoms with Crippen molar-refractivity contribution in [2.24, 2.45) is 5.16 Å². The third-order valence-corrected chi connectivity index (χ3v) is 1.99. The molecule has 17 heavy (non-hydrogen) atoms. The summed E-state index contributed by atoms with van der Waals surface area (Å²) in [5, 5.41) is 12.3. The van der Waals surface area contributed by atoms with E-state index in [0.29, 0.717) is 5.71 Å². The topological polar surface area (TPSA) is 58.4 Å². The van der Waals surface area contributed by atoms with Crippen LogP contribution in [0.1, 0.15) is 25.0 Å². The van der Waals surface area contributed by atoms with Gasteiger partial charge in [-0.05, 0) is 24.3 Å². The fraction of sp³-hybridized carbons (Fsp3) is 0.154. The van der Waals surface area contributed by atoms with Crippen LogP contribution in [-0.4, -0.2) is 20.9 Å². The highest BCUT2D eigenvalue weighted by Gasteiger charge is 2.06. The molecule has 0 unspecified atom stereocenters. The average molecular weight is 229 g/mol. The summed E-state index contributed by atoms with van der Waals surface area (Å²) in [5.74, 6) is 0. The van der Waals surface area contributed by atoms with Gasteiger partial charge in [0.1, 0.15) is 5.71 Å². The maximum atomic E-state index is 8.97. The minimum Gasteiger partial charge on any atom is -0.410 e. The third-order valence-electron chi connectivity index (χ3n) is 1.99. The number of nitrogens with zero attached hydrogens (tertiary/aromatic N) is 3. The van der Waals surface area contributed by atoms with Crippen LogP contribution in [-0.2, 0) is 0 Å². The standard InChI is InChI=1S/C11H9N3O.C2H6/c15-14-11(9-3-6-12-7-4-9)10-2-1-5-13-8-10;1-2/h1-8,15H;1-2H3/b14-11+;. The van der Waals surface area contributed by atoms with Crippen molar-refractivity contribution in [2.45, 2.75) is 13.8 Å². The highest BCUT2D eigenvalue weighted by molar-refractivity contribution is 6.12. The van der Waals surface area contributed by atoms with Gasteiger partial charge in [0, 0.05) is 35.9 Å². The molecular weight excluding hydrogens is 214 g/mol. The van der Waals surface area contributed by atoms with Gasteiger partial charge in [0.25, 0.3) is 0 Å². The summed E-state index contributed by atoms with van der Waals surface area (Å²) in [6, 6.07) is 7.19. The van der Waals surface area contributed by atoms with E-state index in [9.17, 15) is 0 Å². The van der Waals surface area contributed by atoms with Gasteiger partial charge in [0.15, 0.2) is 0 Å². The summed E-state index contributed by atoms with van der Waals surface area (Å²) in [4.78, 5) is 7.87. The van der Waals surface area contributed by atoms with Crippen molar-refractivity contribution in [2.75, 3.05) is 0 Å². The Labute approximate surface area is 101 Å². The number of hydrogen-bond acceptors (Lipinski definition) is 4. The molecule has 2 rings (SSSR count). The van der Waals surface area contributed by atoms with Gasteiger partial charge in [-0.15, -0.1) is 0 Å². The van der Waals surface area contributed by atoms with Gasteiger partial charge in [-0.3, -0.25) is 9.97 Å². The number of aromatic nitrogens is 2. The first-order valence-corrected chi connectivity index (χ1v) is 5.44. The van der Waals surface area contributed by atoms with Gasteiger partial charge in [-0.1, -0.05) is 19.0 Å². The zero-order valence-corrected chi connectivity index (χ0v) is 9.91. The molecule has 2 heterocycles. The lowest BCUT2D eigenvalue weighted by atomic mass is 10.1. The molecule has 0 aliphatic carbocycles. The van der Waals surface area contributed by atoms with Crippen molar-refractivity contribution in [1.82, 2.24) is 9.97 Å². The second-order valence-electron chi connectivity index (χ2n) is 2.93. The monoisotopic (exact) mass is 229 g/mol. The van der Waals surface area contributed by atoms with Crippen molar-refractivity contribution >= 4 is 5.71 Å². The molecule has 0 aliphatic rings. The Morgan fingerprint density at radius 1 is 1.00 bits per heavy atom. The zero-order chi connectivity index (χ0) is 12.5. The van der Waals surface area contributed by atoms with E-state index in [4.69, 9.17) is 5.21 Å². The van der Waals surface area contributed by atoms with Gasteiger partial charge in [-0.25, -0.2) is 0 Å². The predicted molar refractivity (Wildman–Crippen MR) is 67.2 cm³/mol. The van der Waals surface area contributed by atoms with Crippen LogP contribution in [0.3, 0.4) is 0 Å². The van der Waals surface area contributed by atoms with E-state index in [1.165, 1.54) is 0 Å². The molecule has 88 valence electrons. The van der Waals surface area contributed by atoms with Crippen molar-refractivity contribution in [3.05, 3.63) is 60.2 Å². The molecule has 2 aromatic heterocycles. The van der Waals surface area contributed by atoms with E-state index in [-0.39, 0.29) is 0 Å². The van der Waals surface area contributed by atoms with E-state index in [1.807, 2.05) is 19.9 Å². The van der Waals surface area contributed by atoms with E-state index < -0.39 is 0 Å². The Balaban J connectivity index is 0.000000686. The predicted octanol–water partition coefficient (Wildman–Crippen LogP) is 2.73. The van der Waals surface area contributed by atoms with E-state index in [2.05, 4.69) is 15.1 Å². The van der Waals surface area contributed by atoms with Crippen molar-refractivity contribution in [3.63, 3.8) is 0 Å². The molecule has 0 atom stereocenters. The van der Waals surface area contributed by atoms with Crippen LogP contribution in [0.25, 0.3) is 0 Å². The van der Waals surface area contributed by atoms with Crippen molar-refractivity contribution in [3.8, 4) is 0 Å². The average Bonchev–Trinajstić information content (AvgIpc) is 2.44. The molecule has 2 aromatic rings. The summed E-state index contributed by atoms with van der Waals surface area (Å²) in [7, 11) is 0. The van der Waals surface area contributed by atoms with Gasteiger partial charge < -0.3 is 5.21 Å². The Morgan fingerprint density at radius 2 is 1.71 bits per heavy atom. The fourth-order valence-electron chi connectivity index (χ4n) is 1.29. The molecule has 1 N–H and O–H groups in total. The minimum absolute atomic E-state index is 0.491. The van der Waals surface area contributed by atoms with Gasteiger partial charge in [-0.2, -0.15) is 0 Å². The van der Waals surface area contributed by atoms with Crippen LogP contribution in [0.15, 0.2) is 54.2 Å². The van der Waals surface area contributed by atoms with Crippen LogP contribution in [0, 0.1) is 0 Å². The highest BCUT2D eigenvalue weighted by Crippen LogP contribution is 2.08. The molecule has 0 bridgehead atoms. The Morgan fingerprint density at radius 3 is 2.24 bits per heavy atom. The normalized spacial score (nSPS) is 10.4. The van der Waals surface area contributed by atoms with Crippen LogP contribution < -0.4 is 0 Å². The number of pyridine rings is 2. The molecule has 0 aromatic carbocycles.